The largest absolute Gasteiger partial charge is 0.496 e. The molecule has 8 heteroatoms. The molecule has 2 fully saturated rings. The maximum absolute atomic E-state index is 13.9. The van der Waals surface area contributed by atoms with Crippen molar-refractivity contribution in [3.05, 3.63) is 100 Å². The summed E-state index contributed by atoms with van der Waals surface area (Å²) in [7, 11) is 1.53. The first kappa shape index (κ1) is 36.0. The summed E-state index contributed by atoms with van der Waals surface area (Å²) in [5.74, 6) is 0.211. The maximum atomic E-state index is 13.9. The van der Waals surface area contributed by atoms with E-state index >= 15 is 0 Å². The third-order valence-electron chi connectivity index (χ3n) is 11.0. The maximum Gasteiger partial charge on any atom is 0.312 e. The minimum absolute atomic E-state index is 0.126. The van der Waals surface area contributed by atoms with Crippen molar-refractivity contribution in [2.75, 3.05) is 19.0 Å². The lowest BCUT2D eigenvalue weighted by molar-refractivity contribution is -0.159. The van der Waals surface area contributed by atoms with Gasteiger partial charge in [0.15, 0.2) is 0 Å². The monoisotopic (exact) mass is 690 g/mol. The summed E-state index contributed by atoms with van der Waals surface area (Å²) < 4.78 is 18.0. The van der Waals surface area contributed by atoms with Crippen molar-refractivity contribution in [2.24, 2.45) is 10.8 Å². The van der Waals surface area contributed by atoms with E-state index < -0.39 is 11.3 Å². The number of amides is 2. The molecule has 0 radical (unpaired) electrons. The first-order valence-corrected chi connectivity index (χ1v) is 18.1. The Morgan fingerprint density at radius 3 is 2.24 bits per heavy atom. The van der Waals surface area contributed by atoms with Crippen LogP contribution >= 0.6 is 0 Å². The minimum Gasteiger partial charge on any atom is -0.496 e. The normalized spacial score (nSPS) is 19.5. The molecule has 0 aromatic heterocycles. The highest BCUT2D eigenvalue weighted by molar-refractivity contribution is 6.11. The van der Waals surface area contributed by atoms with E-state index in [0.29, 0.717) is 60.5 Å². The number of carbonyl (C=O) groups excluding carboxylic acids is 3. The first-order chi connectivity index (χ1) is 24.4. The fraction of sp³-hybridized carbons (Fsp3) is 0.419. The van der Waals surface area contributed by atoms with Gasteiger partial charge in [0.2, 0.25) is 0 Å². The molecule has 268 valence electrons. The summed E-state index contributed by atoms with van der Waals surface area (Å²) in [5, 5.41) is 8.34. The van der Waals surface area contributed by atoms with Crippen molar-refractivity contribution < 1.29 is 28.6 Å². The molecule has 0 spiro atoms. The van der Waals surface area contributed by atoms with Crippen LogP contribution in [0.3, 0.4) is 0 Å². The predicted molar refractivity (Wildman–Crippen MR) is 201 cm³/mol. The van der Waals surface area contributed by atoms with Crippen LogP contribution in [0.25, 0.3) is 10.8 Å². The molecule has 0 unspecified atom stereocenters. The van der Waals surface area contributed by atoms with Crippen LogP contribution in [-0.4, -0.2) is 37.5 Å². The molecule has 4 aromatic rings. The number of fused-ring (bicyclic) bond motifs is 1. The molecule has 51 heavy (non-hydrogen) atoms. The van der Waals surface area contributed by atoms with E-state index in [9.17, 15) is 14.4 Å². The zero-order chi connectivity index (χ0) is 36.3. The van der Waals surface area contributed by atoms with Crippen LogP contribution in [0.2, 0.25) is 0 Å². The highest BCUT2D eigenvalue weighted by Crippen LogP contribution is 2.41. The predicted octanol–water partition coefficient (Wildman–Crippen LogP) is 9.02. The Morgan fingerprint density at radius 1 is 0.804 bits per heavy atom. The average Bonchev–Trinajstić information content (AvgIpc) is 3.11. The van der Waals surface area contributed by atoms with Crippen LogP contribution in [0.4, 0.5) is 5.69 Å². The fourth-order valence-electron chi connectivity index (χ4n) is 7.44. The Labute approximate surface area is 301 Å². The zero-order valence-electron chi connectivity index (χ0n) is 30.7. The van der Waals surface area contributed by atoms with E-state index in [1.165, 1.54) is 13.5 Å². The quantitative estimate of drug-likeness (QED) is 0.152. The minimum atomic E-state index is -0.601. The van der Waals surface area contributed by atoms with Crippen LogP contribution in [0, 0.1) is 31.6 Å². The topological polar surface area (TPSA) is 103 Å². The summed E-state index contributed by atoms with van der Waals surface area (Å²) in [6.45, 7) is 10.8. The molecule has 2 aliphatic rings. The number of carbonyl (C=O) groups is 3. The van der Waals surface area contributed by atoms with Crippen molar-refractivity contribution in [3.8, 4) is 11.5 Å². The molecule has 2 aliphatic carbocycles. The molecule has 2 saturated carbocycles. The molecule has 2 amide bonds. The van der Waals surface area contributed by atoms with E-state index in [2.05, 4.69) is 35.8 Å². The molecular formula is C43H50N2O6. The standard InChI is InChI=1S/C43H50N2O6/c1-27-21-29(3)38(35(22-27)39(46)44-26-42(4)17-10-18-42)45-40(47)34-24-36(28(2)23-37(34)49-6)51-32-15-19-43(5,20-16-32)41(48)50-25-31-13-9-12-30-11-7-8-14-33(30)31/h7-9,11-14,21-24,32H,10,15-20,25-26H2,1-6H3,(H,44,46)(H,45,47). The number of nitrogens with one attached hydrogen (secondary N) is 2. The number of hydrogen-bond acceptors (Lipinski definition) is 6. The van der Waals surface area contributed by atoms with Gasteiger partial charge in [-0.2, -0.15) is 0 Å². The third-order valence-corrected chi connectivity index (χ3v) is 11.0. The second-order valence-electron chi connectivity index (χ2n) is 15.2. The van der Waals surface area contributed by atoms with Gasteiger partial charge < -0.3 is 24.8 Å². The first-order valence-electron chi connectivity index (χ1n) is 18.1. The lowest BCUT2D eigenvalue weighted by Gasteiger charge is -2.38. The van der Waals surface area contributed by atoms with Crippen molar-refractivity contribution >= 4 is 34.2 Å². The van der Waals surface area contributed by atoms with Gasteiger partial charge in [0.25, 0.3) is 11.8 Å². The van der Waals surface area contributed by atoms with Crippen molar-refractivity contribution in [3.63, 3.8) is 0 Å². The van der Waals surface area contributed by atoms with Gasteiger partial charge in [0, 0.05) is 6.54 Å². The van der Waals surface area contributed by atoms with Gasteiger partial charge in [0.1, 0.15) is 18.1 Å². The second kappa shape index (κ2) is 14.8. The molecule has 0 aliphatic heterocycles. The number of hydrogen-bond donors (Lipinski definition) is 2. The lowest BCUT2D eigenvalue weighted by Crippen LogP contribution is -2.40. The van der Waals surface area contributed by atoms with Crippen molar-refractivity contribution in [2.45, 2.75) is 92.3 Å². The number of rotatable bonds is 11. The summed E-state index contributed by atoms with van der Waals surface area (Å²) in [6, 6.07) is 21.5. The van der Waals surface area contributed by atoms with Crippen LogP contribution in [-0.2, 0) is 16.1 Å². The smallest absolute Gasteiger partial charge is 0.312 e. The Kier molecular flexibility index (Phi) is 10.4. The summed E-state index contributed by atoms with van der Waals surface area (Å²) >= 11 is 0. The number of ether oxygens (including phenoxy) is 3. The van der Waals surface area contributed by atoms with Gasteiger partial charge in [0.05, 0.1) is 35.4 Å². The Bertz CT molecular complexity index is 1950. The average molecular weight is 691 g/mol. The van der Waals surface area contributed by atoms with Crippen LogP contribution in [0.15, 0.2) is 66.7 Å². The number of aryl methyl sites for hydroxylation is 3. The molecule has 4 aromatic carbocycles. The number of anilines is 1. The number of benzene rings is 4. The summed E-state index contributed by atoms with van der Waals surface area (Å²) in [4.78, 5) is 40.7. The van der Waals surface area contributed by atoms with Crippen LogP contribution < -0.4 is 20.1 Å². The molecule has 0 atom stereocenters. The highest BCUT2D eigenvalue weighted by atomic mass is 16.5. The summed E-state index contributed by atoms with van der Waals surface area (Å²) in [6.07, 6.45) is 5.86. The van der Waals surface area contributed by atoms with Crippen LogP contribution in [0.1, 0.15) is 102 Å². The van der Waals surface area contributed by atoms with Gasteiger partial charge in [-0.05, 0) is 123 Å². The van der Waals surface area contributed by atoms with Gasteiger partial charge in [-0.3, -0.25) is 14.4 Å². The molecule has 2 N–H and O–H groups in total. The zero-order valence-corrected chi connectivity index (χ0v) is 30.7. The van der Waals surface area contributed by atoms with Crippen molar-refractivity contribution in [1.82, 2.24) is 5.32 Å². The van der Waals surface area contributed by atoms with Gasteiger partial charge in [-0.15, -0.1) is 0 Å². The van der Waals surface area contributed by atoms with Crippen LogP contribution in [0.5, 0.6) is 11.5 Å². The molecule has 8 nitrogen and oxygen atoms in total. The SMILES string of the molecule is COc1cc(C)c(OC2CCC(C)(C(=O)OCc3cccc4ccccc34)CC2)cc1C(=O)Nc1c(C)cc(C)cc1C(=O)NCC1(C)CCC1. The lowest BCUT2D eigenvalue weighted by atomic mass is 9.70. The van der Waals surface area contributed by atoms with Gasteiger partial charge in [-0.1, -0.05) is 61.9 Å². The Balaban J connectivity index is 1.11. The molecule has 6 rings (SSSR count). The fourth-order valence-corrected chi connectivity index (χ4v) is 7.44. The van der Waals surface area contributed by atoms with Gasteiger partial charge >= 0.3 is 5.97 Å². The van der Waals surface area contributed by atoms with E-state index in [-0.39, 0.29) is 30.0 Å². The molecule has 0 saturated heterocycles. The molecule has 0 heterocycles. The van der Waals surface area contributed by atoms with E-state index in [1.807, 2.05) is 64.1 Å². The molecule has 0 bridgehead atoms. The van der Waals surface area contributed by atoms with Gasteiger partial charge in [-0.25, -0.2) is 0 Å². The number of methoxy groups -OCH3 is 1. The highest BCUT2D eigenvalue weighted by Gasteiger charge is 2.40. The Hall–Kier alpha value is -4.85. The van der Waals surface area contributed by atoms with E-state index in [0.717, 1.165) is 45.9 Å². The van der Waals surface area contributed by atoms with E-state index in [4.69, 9.17) is 14.2 Å². The van der Waals surface area contributed by atoms with E-state index in [1.54, 1.807) is 12.1 Å². The summed E-state index contributed by atoms with van der Waals surface area (Å²) in [5.41, 5.74) is 4.32. The second-order valence-corrected chi connectivity index (χ2v) is 15.2. The number of esters is 1. The Morgan fingerprint density at radius 2 is 1.53 bits per heavy atom. The molecular weight excluding hydrogens is 640 g/mol. The van der Waals surface area contributed by atoms with Crippen molar-refractivity contribution in [1.29, 1.82) is 0 Å². The third kappa shape index (κ3) is 7.90.